The Labute approximate surface area is 128 Å². The van der Waals surface area contributed by atoms with E-state index in [1.165, 1.54) is 30.5 Å². The molecule has 1 aliphatic heterocycles. The van der Waals surface area contributed by atoms with Gasteiger partial charge in [-0.1, -0.05) is 60.7 Å². The number of benzene rings is 2. The number of nitrogens with zero attached hydrogens (tertiary/aromatic N) is 1. The molecule has 1 aliphatic rings. The molecule has 3 rings (SSSR count). The van der Waals surface area contributed by atoms with Crippen molar-refractivity contribution in [2.45, 2.75) is 24.8 Å². The fourth-order valence-electron chi connectivity index (χ4n) is 3.35. The number of rotatable bonds is 2. The van der Waals surface area contributed by atoms with Gasteiger partial charge in [0.1, 0.15) is 0 Å². The lowest BCUT2D eigenvalue weighted by Crippen LogP contribution is -2.34. The molecule has 0 bridgehead atoms. The van der Waals surface area contributed by atoms with E-state index in [4.69, 9.17) is 0 Å². The van der Waals surface area contributed by atoms with E-state index in [0.29, 0.717) is 12.0 Å². The molecule has 0 spiro atoms. The highest BCUT2D eigenvalue weighted by Crippen LogP contribution is 2.41. The normalized spacial score (nSPS) is 23.1. The van der Waals surface area contributed by atoms with Crippen LogP contribution in [0.4, 0.5) is 0 Å². The van der Waals surface area contributed by atoms with Gasteiger partial charge in [0.25, 0.3) is 0 Å². The SMILES string of the molecule is CN1CCCC(c2ccccc2)C1c1ccccc1.Cl. The van der Waals surface area contributed by atoms with E-state index in [1.54, 1.807) is 0 Å². The topological polar surface area (TPSA) is 3.24 Å². The Morgan fingerprint density at radius 3 is 2.00 bits per heavy atom. The van der Waals surface area contributed by atoms with Crippen molar-refractivity contribution in [1.29, 1.82) is 0 Å². The largest absolute Gasteiger partial charge is 0.299 e. The second-order valence-corrected chi connectivity index (χ2v) is 5.50. The van der Waals surface area contributed by atoms with E-state index in [9.17, 15) is 0 Å². The van der Waals surface area contributed by atoms with E-state index in [1.807, 2.05) is 0 Å². The highest BCUT2D eigenvalue weighted by Gasteiger charge is 2.31. The summed E-state index contributed by atoms with van der Waals surface area (Å²) in [5.41, 5.74) is 2.92. The van der Waals surface area contributed by atoms with Crippen LogP contribution in [0.1, 0.15) is 35.9 Å². The average molecular weight is 288 g/mol. The van der Waals surface area contributed by atoms with Crippen molar-refractivity contribution in [3.05, 3.63) is 71.8 Å². The fourth-order valence-corrected chi connectivity index (χ4v) is 3.35. The third-order valence-electron chi connectivity index (χ3n) is 4.25. The van der Waals surface area contributed by atoms with Gasteiger partial charge in [0.2, 0.25) is 0 Å². The molecule has 2 atom stereocenters. The summed E-state index contributed by atoms with van der Waals surface area (Å²) in [5.74, 6) is 0.613. The Hall–Kier alpha value is -1.31. The van der Waals surface area contributed by atoms with E-state index >= 15 is 0 Å². The van der Waals surface area contributed by atoms with Crippen LogP contribution in [0.5, 0.6) is 0 Å². The molecule has 1 nitrogen and oxygen atoms in total. The second kappa shape index (κ2) is 6.92. The minimum absolute atomic E-state index is 0. The van der Waals surface area contributed by atoms with Gasteiger partial charge in [-0.15, -0.1) is 12.4 Å². The standard InChI is InChI=1S/C18H21N.ClH/c1-19-14-8-13-17(15-9-4-2-5-10-15)18(19)16-11-6-3-7-12-16;/h2-7,9-12,17-18H,8,13-14H2,1H3;1H. The highest BCUT2D eigenvalue weighted by atomic mass is 35.5. The first-order chi connectivity index (χ1) is 9.36. The third-order valence-corrected chi connectivity index (χ3v) is 4.25. The minimum atomic E-state index is 0. The first kappa shape index (κ1) is 15.1. The van der Waals surface area contributed by atoms with Gasteiger partial charge in [-0.25, -0.2) is 0 Å². The van der Waals surface area contributed by atoms with Crippen LogP contribution < -0.4 is 0 Å². The zero-order chi connectivity index (χ0) is 13.1. The molecule has 2 aromatic carbocycles. The van der Waals surface area contributed by atoms with Crippen LogP contribution in [0.3, 0.4) is 0 Å². The molecule has 106 valence electrons. The molecule has 2 heteroatoms. The maximum absolute atomic E-state index is 2.51. The molecule has 0 amide bonds. The number of hydrogen-bond acceptors (Lipinski definition) is 1. The summed E-state index contributed by atoms with van der Waals surface area (Å²) in [6.07, 6.45) is 2.58. The molecule has 0 N–H and O–H groups in total. The van der Waals surface area contributed by atoms with Crippen molar-refractivity contribution in [2.75, 3.05) is 13.6 Å². The van der Waals surface area contributed by atoms with Gasteiger partial charge in [-0.2, -0.15) is 0 Å². The predicted octanol–water partition coefficient (Wildman–Crippen LogP) is 4.66. The summed E-state index contributed by atoms with van der Waals surface area (Å²) in [6.45, 7) is 1.20. The van der Waals surface area contributed by atoms with E-state index in [0.717, 1.165) is 0 Å². The van der Waals surface area contributed by atoms with Crippen LogP contribution >= 0.6 is 12.4 Å². The van der Waals surface area contributed by atoms with Crippen molar-refractivity contribution in [2.24, 2.45) is 0 Å². The monoisotopic (exact) mass is 287 g/mol. The maximum Gasteiger partial charge on any atom is 0.0413 e. The van der Waals surface area contributed by atoms with Gasteiger partial charge in [0, 0.05) is 12.0 Å². The van der Waals surface area contributed by atoms with Crippen molar-refractivity contribution < 1.29 is 0 Å². The van der Waals surface area contributed by atoms with Crippen LogP contribution in [-0.2, 0) is 0 Å². The summed E-state index contributed by atoms with van der Waals surface area (Å²) in [4.78, 5) is 2.51. The molecular formula is C18H22ClN. The van der Waals surface area contributed by atoms with E-state index in [2.05, 4.69) is 72.6 Å². The smallest absolute Gasteiger partial charge is 0.0413 e. The summed E-state index contributed by atoms with van der Waals surface area (Å²) in [6, 6.07) is 22.4. The number of likely N-dealkylation sites (tertiary alicyclic amines) is 1. The number of piperidine rings is 1. The lowest BCUT2D eigenvalue weighted by Gasteiger charge is -2.40. The van der Waals surface area contributed by atoms with Gasteiger partial charge in [-0.05, 0) is 37.6 Å². The molecule has 20 heavy (non-hydrogen) atoms. The van der Waals surface area contributed by atoms with Crippen LogP contribution in [0.15, 0.2) is 60.7 Å². The van der Waals surface area contributed by atoms with Gasteiger partial charge >= 0.3 is 0 Å². The van der Waals surface area contributed by atoms with Gasteiger partial charge in [-0.3, -0.25) is 4.90 Å². The second-order valence-electron chi connectivity index (χ2n) is 5.50. The number of likely N-dealkylation sites (N-methyl/N-ethyl adjacent to an activating group) is 1. The fraction of sp³-hybridized carbons (Fsp3) is 0.333. The predicted molar refractivity (Wildman–Crippen MR) is 87.5 cm³/mol. The quantitative estimate of drug-likeness (QED) is 0.776. The van der Waals surface area contributed by atoms with Crippen LogP contribution in [0.2, 0.25) is 0 Å². The van der Waals surface area contributed by atoms with E-state index < -0.39 is 0 Å². The van der Waals surface area contributed by atoms with Gasteiger partial charge in [0.05, 0.1) is 0 Å². The van der Waals surface area contributed by atoms with E-state index in [-0.39, 0.29) is 12.4 Å². The first-order valence-electron chi connectivity index (χ1n) is 7.16. The molecule has 1 heterocycles. The Kier molecular flexibility index (Phi) is 5.22. The van der Waals surface area contributed by atoms with Crippen molar-refractivity contribution in [1.82, 2.24) is 4.90 Å². The Balaban J connectivity index is 0.00000147. The molecule has 0 saturated carbocycles. The highest BCUT2D eigenvalue weighted by molar-refractivity contribution is 5.85. The molecule has 1 fully saturated rings. The van der Waals surface area contributed by atoms with Crippen LogP contribution in [-0.4, -0.2) is 18.5 Å². The van der Waals surface area contributed by atoms with Crippen LogP contribution in [0, 0.1) is 0 Å². The molecular weight excluding hydrogens is 266 g/mol. The molecule has 0 aromatic heterocycles. The van der Waals surface area contributed by atoms with Gasteiger partial charge in [0.15, 0.2) is 0 Å². The van der Waals surface area contributed by atoms with Gasteiger partial charge < -0.3 is 0 Å². The van der Waals surface area contributed by atoms with Crippen molar-refractivity contribution in [3.63, 3.8) is 0 Å². The molecule has 0 aliphatic carbocycles. The molecule has 1 saturated heterocycles. The summed E-state index contributed by atoms with van der Waals surface area (Å²) < 4.78 is 0. The maximum atomic E-state index is 2.51. The van der Waals surface area contributed by atoms with Crippen molar-refractivity contribution >= 4 is 12.4 Å². The summed E-state index contributed by atoms with van der Waals surface area (Å²) in [7, 11) is 2.26. The Morgan fingerprint density at radius 1 is 0.850 bits per heavy atom. The van der Waals surface area contributed by atoms with Crippen molar-refractivity contribution in [3.8, 4) is 0 Å². The first-order valence-corrected chi connectivity index (χ1v) is 7.16. The minimum Gasteiger partial charge on any atom is -0.299 e. The van der Waals surface area contributed by atoms with Crippen LogP contribution in [0.25, 0.3) is 0 Å². The zero-order valence-corrected chi connectivity index (χ0v) is 12.7. The zero-order valence-electron chi connectivity index (χ0n) is 11.9. The average Bonchev–Trinajstić information content (AvgIpc) is 2.49. The molecule has 2 aromatic rings. The number of halogens is 1. The Bertz CT molecular complexity index is 511. The number of hydrogen-bond donors (Lipinski definition) is 0. The Morgan fingerprint density at radius 2 is 1.40 bits per heavy atom. The summed E-state index contributed by atoms with van der Waals surface area (Å²) >= 11 is 0. The summed E-state index contributed by atoms with van der Waals surface area (Å²) in [5, 5.41) is 0. The lowest BCUT2D eigenvalue weighted by molar-refractivity contribution is 0.161. The lowest BCUT2D eigenvalue weighted by atomic mass is 9.80. The molecule has 2 unspecified atom stereocenters. The molecule has 0 radical (unpaired) electrons. The third kappa shape index (κ3) is 3.05.